The normalized spacial score (nSPS) is 15.1. The zero-order valence-electron chi connectivity index (χ0n) is 11.3. The van der Waals surface area contributed by atoms with Crippen molar-refractivity contribution in [1.29, 1.82) is 0 Å². The van der Waals surface area contributed by atoms with Crippen LogP contribution in [0.15, 0.2) is 64.6 Å². The molecule has 1 aliphatic heterocycles. The first-order chi connectivity index (χ1) is 10.2. The SMILES string of the molecule is CC(=O)N(N=C1Sc2ccccc2C1=O)c1ccccc1. The Hall–Kier alpha value is -2.40. The number of Topliss-reactive ketones (excluding diaryl/α,β-unsaturated/α-hetero) is 1. The van der Waals surface area contributed by atoms with Crippen LogP contribution in [-0.4, -0.2) is 16.7 Å². The Morgan fingerprint density at radius 1 is 1.05 bits per heavy atom. The van der Waals surface area contributed by atoms with Crippen LogP contribution in [0, 0.1) is 0 Å². The maximum Gasteiger partial charge on any atom is 0.244 e. The molecule has 1 amide bonds. The van der Waals surface area contributed by atoms with Gasteiger partial charge in [-0.3, -0.25) is 9.59 Å². The molecule has 4 nitrogen and oxygen atoms in total. The molecular weight excluding hydrogens is 284 g/mol. The Labute approximate surface area is 126 Å². The number of thioether (sulfide) groups is 1. The van der Waals surface area contributed by atoms with Crippen LogP contribution >= 0.6 is 11.8 Å². The summed E-state index contributed by atoms with van der Waals surface area (Å²) in [5, 5.41) is 5.83. The van der Waals surface area contributed by atoms with Gasteiger partial charge in [0.15, 0.2) is 5.04 Å². The third-order valence-electron chi connectivity index (χ3n) is 3.02. The third-order valence-corrected chi connectivity index (χ3v) is 4.06. The largest absolute Gasteiger partial charge is 0.286 e. The lowest BCUT2D eigenvalue weighted by Gasteiger charge is -2.15. The van der Waals surface area contributed by atoms with Gasteiger partial charge in [0.2, 0.25) is 11.7 Å². The Morgan fingerprint density at radius 3 is 2.38 bits per heavy atom. The van der Waals surface area contributed by atoms with Crippen molar-refractivity contribution in [3.05, 3.63) is 60.2 Å². The molecule has 0 saturated carbocycles. The molecule has 3 rings (SSSR count). The molecule has 0 atom stereocenters. The fourth-order valence-corrected chi connectivity index (χ4v) is 3.00. The van der Waals surface area contributed by atoms with E-state index in [-0.39, 0.29) is 11.7 Å². The van der Waals surface area contributed by atoms with Crippen LogP contribution in [0.25, 0.3) is 0 Å². The van der Waals surface area contributed by atoms with Gasteiger partial charge in [-0.25, -0.2) is 0 Å². The van der Waals surface area contributed by atoms with Crippen LogP contribution in [0.4, 0.5) is 5.69 Å². The van der Waals surface area contributed by atoms with Crippen molar-refractivity contribution in [3.63, 3.8) is 0 Å². The van der Waals surface area contributed by atoms with Crippen LogP contribution in [-0.2, 0) is 4.79 Å². The number of para-hydroxylation sites is 1. The molecule has 0 spiro atoms. The van der Waals surface area contributed by atoms with E-state index in [4.69, 9.17) is 0 Å². The quantitative estimate of drug-likeness (QED) is 0.799. The second kappa shape index (κ2) is 5.54. The molecule has 0 radical (unpaired) electrons. The predicted molar refractivity (Wildman–Crippen MR) is 83.7 cm³/mol. The number of ketones is 1. The molecule has 0 saturated heterocycles. The molecule has 104 valence electrons. The van der Waals surface area contributed by atoms with E-state index in [1.54, 1.807) is 18.2 Å². The van der Waals surface area contributed by atoms with Crippen LogP contribution in [0.2, 0.25) is 0 Å². The topological polar surface area (TPSA) is 49.7 Å². The lowest BCUT2D eigenvalue weighted by atomic mass is 10.1. The molecule has 0 aromatic heterocycles. The first-order valence-corrected chi connectivity index (χ1v) is 7.24. The number of nitrogens with zero attached hydrogens (tertiary/aromatic N) is 2. The number of fused-ring (bicyclic) bond motifs is 1. The molecular formula is C16H12N2O2S. The van der Waals surface area contributed by atoms with Gasteiger partial charge < -0.3 is 0 Å². The predicted octanol–water partition coefficient (Wildman–Crippen LogP) is 3.34. The number of hydrazone groups is 1. The maximum absolute atomic E-state index is 12.3. The molecule has 0 bridgehead atoms. The minimum Gasteiger partial charge on any atom is -0.286 e. The van der Waals surface area contributed by atoms with Gasteiger partial charge in [0.1, 0.15) is 0 Å². The second-order valence-electron chi connectivity index (χ2n) is 4.50. The van der Waals surface area contributed by atoms with Gasteiger partial charge >= 0.3 is 0 Å². The molecule has 0 aliphatic carbocycles. The zero-order valence-corrected chi connectivity index (χ0v) is 12.1. The molecule has 2 aromatic rings. The molecule has 0 unspecified atom stereocenters. The summed E-state index contributed by atoms with van der Waals surface area (Å²) in [4.78, 5) is 25.0. The van der Waals surface area contributed by atoms with Gasteiger partial charge in [0.25, 0.3) is 0 Å². The summed E-state index contributed by atoms with van der Waals surface area (Å²) < 4.78 is 0. The second-order valence-corrected chi connectivity index (χ2v) is 5.53. The molecule has 1 aliphatic rings. The zero-order chi connectivity index (χ0) is 14.8. The van der Waals surface area contributed by atoms with Crippen LogP contribution in [0.3, 0.4) is 0 Å². The van der Waals surface area contributed by atoms with Gasteiger partial charge in [-0.1, -0.05) is 42.1 Å². The molecule has 0 fully saturated rings. The number of benzene rings is 2. The summed E-state index contributed by atoms with van der Waals surface area (Å²) in [5.41, 5.74) is 1.28. The van der Waals surface area contributed by atoms with E-state index in [9.17, 15) is 9.59 Å². The average molecular weight is 296 g/mol. The third kappa shape index (κ3) is 2.60. The van der Waals surface area contributed by atoms with Gasteiger partial charge in [0, 0.05) is 17.4 Å². The van der Waals surface area contributed by atoms with Crippen LogP contribution in [0.1, 0.15) is 17.3 Å². The standard InChI is InChI=1S/C16H12N2O2S/c1-11(19)18(12-7-3-2-4-8-12)17-16-15(20)13-9-5-6-10-14(13)21-16/h2-10H,1H3. The first kappa shape index (κ1) is 13.6. The van der Waals surface area contributed by atoms with E-state index in [0.29, 0.717) is 16.3 Å². The number of amides is 1. The van der Waals surface area contributed by atoms with Gasteiger partial charge in [0.05, 0.1) is 5.69 Å². The monoisotopic (exact) mass is 296 g/mol. The number of hydrogen-bond donors (Lipinski definition) is 0. The molecule has 21 heavy (non-hydrogen) atoms. The van der Waals surface area contributed by atoms with Crippen molar-refractivity contribution >= 4 is 34.2 Å². The highest BCUT2D eigenvalue weighted by molar-refractivity contribution is 8.16. The van der Waals surface area contributed by atoms with E-state index in [2.05, 4.69) is 5.10 Å². The summed E-state index contributed by atoms with van der Waals surface area (Å²) >= 11 is 1.29. The smallest absolute Gasteiger partial charge is 0.244 e. The van der Waals surface area contributed by atoms with E-state index in [1.807, 2.05) is 36.4 Å². The fourth-order valence-electron chi connectivity index (χ4n) is 2.04. The Kier molecular flexibility index (Phi) is 3.58. The first-order valence-electron chi connectivity index (χ1n) is 6.43. The summed E-state index contributed by atoms with van der Waals surface area (Å²) in [6, 6.07) is 16.4. The van der Waals surface area contributed by atoms with E-state index in [1.165, 1.54) is 23.7 Å². The van der Waals surface area contributed by atoms with E-state index < -0.39 is 0 Å². The van der Waals surface area contributed by atoms with Crippen molar-refractivity contribution < 1.29 is 9.59 Å². The highest BCUT2D eigenvalue weighted by Gasteiger charge is 2.28. The van der Waals surface area contributed by atoms with E-state index >= 15 is 0 Å². The molecule has 0 N–H and O–H groups in total. The van der Waals surface area contributed by atoms with Crippen LogP contribution < -0.4 is 5.01 Å². The average Bonchev–Trinajstić information content (AvgIpc) is 2.82. The highest BCUT2D eigenvalue weighted by Crippen LogP contribution is 2.33. The number of hydrogen-bond acceptors (Lipinski definition) is 4. The van der Waals surface area contributed by atoms with Crippen molar-refractivity contribution in [2.45, 2.75) is 11.8 Å². The summed E-state index contributed by atoms with van der Waals surface area (Å²) in [6.45, 7) is 1.42. The minimum absolute atomic E-state index is 0.141. The maximum atomic E-state index is 12.3. The van der Waals surface area contributed by atoms with E-state index in [0.717, 1.165) is 4.90 Å². The lowest BCUT2D eigenvalue weighted by Crippen LogP contribution is -2.24. The molecule has 5 heteroatoms. The van der Waals surface area contributed by atoms with Crippen molar-refractivity contribution in [3.8, 4) is 0 Å². The fraction of sp³-hybridized carbons (Fsp3) is 0.0625. The summed E-state index contributed by atoms with van der Waals surface area (Å²) in [7, 11) is 0. The van der Waals surface area contributed by atoms with Crippen molar-refractivity contribution in [2.75, 3.05) is 5.01 Å². The minimum atomic E-state index is -0.238. The van der Waals surface area contributed by atoms with Crippen molar-refractivity contribution in [2.24, 2.45) is 5.10 Å². The Morgan fingerprint density at radius 2 is 1.71 bits per heavy atom. The summed E-state index contributed by atoms with van der Waals surface area (Å²) in [6.07, 6.45) is 0. The number of anilines is 1. The Balaban J connectivity index is 1.98. The van der Waals surface area contributed by atoms with Crippen LogP contribution in [0.5, 0.6) is 0 Å². The number of rotatable bonds is 2. The molecule has 2 aromatic carbocycles. The lowest BCUT2D eigenvalue weighted by molar-refractivity contribution is -0.116. The number of carbonyl (C=O) groups excluding carboxylic acids is 2. The van der Waals surface area contributed by atoms with Gasteiger partial charge in [-0.15, -0.1) is 0 Å². The van der Waals surface area contributed by atoms with Crippen molar-refractivity contribution in [1.82, 2.24) is 0 Å². The number of carbonyl (C=O) groups is 2. The van der Waals surface area contributed by atoms with Gasteiger partial charge in [-0.2, -0.15) is 10.1 Å². The molecule has 1 heterocycles. The summed E-state index contributed by atoms with van der Waals surface area (Å²) in [5.74, 6) is -0.379. The Bertz CT molecular complexity index is 741. The highest BCUT2D eigenvalue weighted by atomic mass is 32.2. The van der Waals surface area contributed by atoms with Gasteiger partial charge in [-0.05, 0) is 24.3 Å².